The minimum atomic E-state index is -0.188. The van der Waals surface area contributed by atoms with Crippen LogP contribution in [0.3, 0.4) is 0 Å². The van der Waals surface area contributed by atoms with Gasteiger partial charge in [0.1, 0.15) is 11.4 Å². The van der Waals surface area contributed by atoms with Crippen molar-refractivity contribution in [2.45, 2.75) is 33.1 Å². The molecular formula is C19H20ClN3O. The lowest BCUT2D eigenvalue weighted by molar-refractivity contribution is 0.448. The second-order valence-electron chi connectivity index (χ2n) is 6.92. The first-order valence-electron chi connectivity index (χ1n) is 7.80. The van der Waals surface area contributed by atoms with E-state index in [2.05, 4.69) is 31.0 Å². The van der Waals surface area contributed by atoms with E-state index in [9.17, 15) is 5.11 Å². The molecule has 0 bridgehead atoms. The summed E-state index contributed by atoms with van der Waals surface area (Å²) in [5.74, 6) is 0.204. The smallest absolute Gasteiger partial charge is 0.179 e. The second-order valence-corrected chi connectivity index (χ2v) is 7.28. The van der Waals surface area contributed by atoms with Crippen LogP contribution in [0.4, 0.5) is 0 Å². The molecule has 3 aromatic rings. The summed E-state index contributed by atoms with van der Waals surface area (Å²) in [6.45, 7) is 8.18. The van der Waals surface area contributed by atoms with E-state index < -0.39 is 0 Å². The van der Waals surface area contributed by atoms with Gasteiger partial charge in [-0.25, -0.2) is 0 Å². The first kappa shape index (κ1) is 16.5. The molecule has 0 saturated carbocycles. The molecule has 0 atom stereocenters. The first-order valence-corrected chi connectivity index (χ1v) is 8.18. The molecular weight excluding hydrogens is 322 g/mol. The SMILES string of the molecule is Cc1cc(-c2nn(-c3ccccc3)nc2Cl)c(O)c(C(C)(C)C)c1. The van der Waals surface area contributed by atoms with Crippen LogP contribution < -0.4 is 0 Å². The maximum absolute atomic E-state index is 10.8. The van der Waals surface area contributed by atoms with Gasteiger partial charge in [-0.1, -0.05) is 56.6 Å². The predicted octanol–water partition coefficient (Wildman–Crippen LogP) is 4.90. The minimum Gasteiger partial charge on any atom is -0.507 e. The number of halogens is 1. The van der Waals surface area contributed by atoms with Gasteiger partial charge >= 0.3 is 0 Å². The molecule has 24 heavy (non-hydrogen) atoms. The zero-order chi connectivity index (χ0) is 17.5. The molecule has 0 aliphatic carbocycles. The van der Waals surface area contributed by atoms with Gasteiger partial charge in [-0.05, 0) is 36.1 Å². The third-order valence-corrected chi connectivity index (χ3v) is 4.13. The largest absolute Gasteiger partial charge is 0.507 e. The Kier molecular flexibility index (Phi) is 4.10. The Morgan fingerprint density at radius 3 is 2.33 bits per heavy atom. The number of phenolic OH excluding ortho intramolecular Hbond substituents is 1. The van der Waals surface area contributed by atoms with Crippen LogP contribution in [0.25, 0.3) is 16.9 Å². The van der Waals surface area contributed by atoms with E-state index in [1.807, 2.05) is 49.4 Å². The maximum Gasteiger partial charge on any atom is 0.179 e. The fourth-order valence-corrected chi connectivity index (χ4v) is 2.87. The fraction of sp³-hybridized carbons (Fsp3) is 0.263. The number of nitrogens with zero attached hydrogens (tertiary/aromatic N) is 3. The number of aryl methyl sites for hydroxylation is 1. The fourth-order valence-electron chi connectivity index (χ4n) is 2.66. The summed E-state index contributed by atoms with van der Waals surface area (Å²) >= 11 is 6.31. The molecule has 0 saturated heterocycles. The average molecular weight is 342 g/mol. The molecule has 0 aliphatic rings. The van der Waals surface area contributed by atoms with Crippen molar-refractivity contribution in [1.29, 1.82) is 0 Å². The van der Waals surface area contributed by atoms with E-state index in [1.54, 1.807) is 0 Å². The summed E-state index contributed by atoms with van der Waals surface area (Å²) in [5.41, 5.74) is 3.61. The Bertz CT molecular complexity index is 880. The summed E-state index contributed by atoms with van der Waals surface area (Å²) in [6, 6.07) is 13.4. The van der Waals surface area contributed by atoms with Crippen LogP contribution in [-0.4, -0.2) is 20.1 Å². The van der Waals surface area contributed by atoms with Crippen LogP contribution in [0.2, 0.25) is 5.15 Å². The van der Waals surface area contributed by atoms with Crippen LogP contribution in [0.5, 0.6) is 5.75 Å². The molecule has 3 rings (SSSR count). The molecule has 4 nitrogen and oxygen atoms in total. The molecule has 5 heteroatoms. The van der Waals surface area contributed by atoms with Gasteiger partial charge in [0.05, 0.1) is 5.69 Å². The van der Waals surface area contributed by atoms with E-state index in [0.29, 0.717) is 11.3 Å². The number of para-hydroxylation sites is 1. The van der Waals surface area contributed by atoms with Gasteiger partial charge in [0.15, 0.2) is 5.15 Å². The van der Waals surface area contributed by atoms with Gasteiger partial charge < -0.3 is 5.11 Å². The Balaban J connectivity index is 2.17. The zero-order valence-electron chi connectivity index (χ0n) is 14.2. The Morgan fingerprint density at radius 2 is 1.71 bits per heavy atom. The quantitative estimate of drug-likeness (QED) is 0.721. The topological polar surface area (TPSA) is 50.9 Å². The van der Waals surface area contributed by atoms with Crippen LogP contribution in [0.1, 0.15) is 31.9 Å². The van der Waals surface area contributed by atoms with Gasteiger partial charge in [0.25, 0.3) is 0 Å². The highest BCUT2D eigenvalue weighted by Crippen LogP contribution is 2.40. The Morgan fingerprint density at radius 1 is 1.04 bits per heavy atom. The second kappa shape index (κ2) is 5.95. The summed E-state index contributed by atoms with van der Waals surface area (Å²) < 4.78 is 0. The third kappa shape index (κ3) is 3.02. The number of hydrogen-bond acceptors (Lipinski definition) is 3. The molecule has 0 radical (unpaired) electrons. The van der Waals surface area contributed by atoms with E-state index in [4.69, 9.17) is 11.6 Å². The molecule has 0 amide bonds. The van der Waals surface area contributed by atoms with Crippen molar-refractivity contribution in [2.75, 3.05) is 0 Å². The van der Waals surface area contributed by atoms with Crippen molar-refractivity contribution >= 4 is 11.6 Å². The number of aromatic hydroxyl groups is 1. The number of rotatable bonds is 2. The summed E-state index contributed by atoms with van der Waals surface area (Å²) in [6.07, 6.45) is 0. The number of aromatic nitrogens is 3. The molecule has 0 aliphatic heterocycles. The average Bonchev–Trinajstić information content (AvgIpc) is 2.91. The summed E-state index contributed by atoms with van der Waals surface area (Å²) in [7, 11) is 0. The monoisotopic (exact) mass is 341 g/mol. The van der Waals surface area contributed by atoms with E-state index in [0.717, 1.165) is 16.8 Å². The highest BCUT2D eigenvalue weighted by molar-refractivity contribution is 6.31. The Hall–Kier alpha value is -2.33. The third-order valence-electron chi connectivity index (χ3n) is 3.88. The number of hydrogen-bond donors (Lipinski definition) is 1. The molecule has 0 unspecified atom stereocenters. The lowest BCUT2D eigenvalue weighted by Gasteiger charge is -2.22. The van der Waals surface area contributed by atoms with Gasteiger partial charge in [-0.15, -0.1) is 15.0 Å². The molecule has 1 aromatic heterocycles. The number of phenols is 1. The number of benzene rings is 2. The van der Waals surface area contributed by atoms with Crippen LogP contribution in [0.15, 0.2) is 42.5 Å². The maximum atomic E-state index is 10.8. The van der Waals surface area contributed by atoms with Gasteiger partial charge in [0, 0.05) is 11.1 Å². The molecule has 2 aromatic carbocycles. The normalized spacial score (nSPS) is 11.7. The minimum absolute atomic E-state index is 0.188. The van der Waals surface area contributed by atoms with Gasteiger partial charge in [-0.2, -0.15) is 0 Å². The van der Waals surface area contributed by atoms with Crippen molar-refractivity contribution in [3.05, 3.63) is 58.7 Å². The summed E-state index contributed by atoms with van der Waals surface area (Å²) in [5, 5.41) is 19.8. The molecule has 0 spiro atoms. The van der Waals surface area contributed by atoms with E-state index >= 15 is 0 Å². The van der Waals surface area contributed by atoms with Crippen molar-refractivity contribution in [3.63, 3.8) is 0 Å². The highest BCUT2D eigenvalue weighted by atomic mass is 35.5. The molecule has 1 N–H and O–H groups in total. The predicted molar refractivity (Wildman–Crippen MR) is 96.9 cm³/mol. The van der Waals surface area contributed by atoms with E-state index in [1.165, 1.54) is 4.80 Å². The van der Waals surface area contributed by atoms with Gasteiger partial charge in [0.2, 0.25) is 0 Å². The van der Waals surface area contributed by atoms with Crippen LogP contribution in [0, 0.1) is 6.92 Å². The van der Waals surface area contributed by atoms with Crippen molar-refractivity contribution in [3.8, 4) is 22.7 Å². The van der Waals surface area contributed by atoms with Crippen molar-refractivity contribution in [1.82, 2.24) is 15.0 Å². The molecule has 124 valence electrons. The van der Waals surface area contributed by atoms with Gasteiger partial charge in [-0.3, -0.25) is 0 Å². The molecule has 1 heterocycles. The van der Waals surface area contributed by atoms with E-state index in [-0.39, 0.29) is 16.3 Å². The molecule has 0 fully saturated rings. The standard InChI is InChI=1S/C19H20ClN3O/c1-12-10-14(17(24)15(11-12)19(2,3)4)16-18(20)22-23(21-16)13-8-6-5-7-9-13/h5-11,24H,1-4H3. The van der Waals surface area contributed by atoms with Crippen LogP contribution in [-0.2, 0) is 5.41 Å². The van der Waals surface area contributed by atoms with Crippen LogP contribution >= 0.6 is 11.6 Å². The highest BCUT2D eigenvalue weighted by Gasteiger charge is 2.24. The Labute approximate surface area is 146 Å². The van der Waals surface area contributed by atoms with Crippen molar-refractivity contribution < 1.29 is 5.11 Å². The summed E-state index contributed by atoms with van der Waals surface area (Å²) in [4.78, 5) is 1.48. The zero-order valence-corrected chi connectivity index (χ0v) is 15.0. The first-order chi connectivity index (χ1) is 11.3. The lowest BCUT2D eigenvalue weighted by atomic mass is 9.84. The lowest BCUT2D eigenvalue weighted by Crippen LogP contribution is -2.12. The van der Waals surface area contributed by atoms with Crippen molar-refractivity contribution in [2.24, 2.45) is 0 Å².